The minimum atomic E-state index is -1.39. The van der Waals surface area contributed by atoms with Crippen molar-refractivity contribution in [2.24, 2.45) is 0 Å². The van der Waals surface area contributed by atoms with Gasteiger partial charge in [0.1, 0.15) is 35.4 Å². The number of hydrogen-bond acceptors (Lipinski definition) is 6. The lowest BCUT2D eigenvalue weighted by Gasteiger charge is -2.17. The van der Waals surface area contributed by atoms with Crippen LogP contribution < -0.4 is 10.3 Å². The molecule has 0 fully saturated rings. The molecule has 7 nitrogen and oxygen atoms in total. The smallest absolute Gasteiger partial charge is 0.280 e. The van der Waals surface area contributed by atoms with Crippen molar-refractivity contribution in [1.29, 1.82) is 0 Å². The molecule has 0 aliphatic rings. The lowest BCUT2D eigenvalue weighted by atomic mass is 10.1. The van der Waals surface area contributed by atoms with E-state index in [4.69, 9.17) is 16.3 Å². The fraction of sp³-hybridized carbons (Fsp3) is 0.200. The van der Waals surface area contributed by atoms with Crippen molar-refractivity contribution in [3.8, 4) is 22.8 Å². The van der Waals surface area contributed by atoms with Gasteiger partial charge in [-0.2, -0.15) is 4.98 Å². The van der Waals surface area contributed by atoms with Crippen LogP contribution in [0.25, 0.3) is 16.9 Å². The summed E-state index contributed by atoms with van der Waals surface area (Å²) in [5.74, 6) is -2.24. The fourth-order valence-electron chi connectivity index (χ4n) is 3.42. The van der Waals surface area contributed by atoms with Gasteiger partial charge in [0.15, 0.2) is 16.7 Å². The Morgan fingerprint density at radius 1 is 1.08 bits per heavy atom. The predicted octanol–water partition coefficient (Wildman–Crippen LogP) is 4.88. The Morgan fingerprint density at radius 2 is 1.83 bits per heavy atom. The highest BCUT2D eigenvalue weighted by atomic mass is 35.5. The van der Waals surface area contributed by atoms with E-state index < -0.39 is 28.6 Å². The second kappa shape index (κ2) is 9.71. The Bertz CT molecular complexity index is 1520. The molecule has 0 bridgehead atoms. The highest BCUT2D eigenvalue weighted by Crippen LogP contribution is 2.27. The quantitative estimate of drug-likeness (QED) is 0.393. The van der Waals surface area contributed by atoms with Crippen molar-refractivity contribution >= 4 is 11.6 Å². The van der Waals surface area contributed by atoms with Crippen molar-refractivity contribution in [2.75, 3.05) is 0 Å². The highest BCUT2D eigenvalue weighted by Gasteiger charge is 2.22. The number of halogens is 4. The largest absolute Gasteiger partial charge is 0.471 e. The molecule has 0 spiro atoms. The zero-order chi connectivity index (χ0) is 26.2. The van der Waals surface area contributed by atoms with Crippen molar-refractivity contribution in [1.82, 2.24) is 19.5 Å². The van der Waals surface area contributed by atoms with Gasteiger partial charge < -0.3 is 9.84 Å². The van der Waals surface area contributed by atoms with Gasteiger partial charge in [0.05, 0.1) is 11.9 Å². The predicted molar refractivity (Wildman–Crippen MR) is 126 cm³/mol. The molecule has 2 aromatic carbocycles. The van der Waals surface area contributed by atoms with E-state index in [0.717, 1.165) is 18.3 Å². The lowest BCUT2D eigenvalue weighted by molar-refractivity contribution is 0.0686. The molecule has 0 saturated heterocycles. The van der Waals surface area contributed by atoms with Crippen LogP contribution in [0.3, 0.4) is 0 Å². The molecule has 0 aliphatic carbocycles. The summed E-state index contributed by atoms with van der Waals surface area (Å²) >= 11 is 6.22. The summed E-state index contributed by atoms with van der Waals surface area (Å²) in [6, 6.07) is 9.31. The van der Waals surface area contributed by atoms with Crippen LogP contribution >= 0.6 is 11.6 Å². The Labute approximate surface area is 208 Å². The van der Waals surface area contributed by atoms with Gasteiger partial charge in [-0.15, -0.1) is 0 Å². The minimum Gasteiger partial charge on any atom is -0.471 e. The van der Waals surface area contributed by atoms with Gasteiger partial charge in [-0.3, -0.25) is 9.36 Å². The molecule has 11 heteroatoms. The topological polar surface area (TPSA) is 90.1 Å². The highest BCUT2D eigenvalue weighted by molar-refractivity contribution is 6.31. The average molecular weight is 517 g/mol. The minimum absolute atomic E-state index is 0.0291. The first kappa shape index (κ1) is 25.3. The number of aromatic nitrogens is 4. The van der Waals surface area contributed by atoms with E-state index in [-0.39, 0.29) is 40.4 Å². The van der Waals surface area contributed by atoms with Crippen LogP contribution in [0.1, 0.15) is 31.1 Å². The first-order valence-corrected chi connectivity index (χ1v) is 11.1. The van der Waals surface area contributed by atoms with Gasteiger partial charge in [-0.05, 0) is 45.0 Å². The third-order valence-corrected chi connectivity index (χ3v) is 5.54. The molecule has 0 atom stereocenters. The van der Waals surface area contributed by atoms with Gasteiger partial charge in [0.2, 0.25) is 5.88 Å². The van der Waals surface area contributed by atoms with Crippen LogP contribution in [-0.4, -0.2) is 24.6 Å². The molecule has 36 heavy (non-hydrogen) atoms. The van der Waals surface area contributed by atoms with Crippen LogP contribution in [0.15, 0.2) is 53.5 Å². The summed E-state index contributed by atoms with van der Waals surface area (Å²) in [7, 11) is 0. The molecule has 4 rings (SSSR count). The lowest BCUT2D eigenvalue weighted by Crippen LogP contribution is -2.23. The number of rotatable bonds is 6. The SMILES string of the molecule is Cc1nc(OCc2ccc(F)cc2F)c(Cl)c(=O)n1-c1cccc(-c2nc(C(C)(C)O)ncc2F)c1. The molecule has 186 valence electrons. The number of ether oxygens (including phenoxy) is 1. The van der Waals surface area contributed by atoms with Gasteiger partial charge in [0.25, 0.3) is 5.56 Å². The maximum absolute atomic E-state index is 14.6. The molecule has 0 saturated carbocycles. The van der Waals surface area contributed by atoms with E-state index in [1.54, 1.807) is 18.2 Å². The normalized spacial score (nSPS) is 11.6. The van der Waals surface area contributed by atoms with E-state index in [9.17, 15) is 23.1 Å². The summed E-state index contributed by atoms with van der Waals surface area (Å²) in [5, 5.41) is 9.84. The maximum atomic E-state index is 14.6. The second-order valence-electron chi connectivity index (χ2n) is 8.44. The second-order valence-corrected chi connectivity index (χ2v) is 8.82. The summed E-state index contributed by atoms with van der Waals surface area (Å²) in [4.78, 5) is 25.3. The number of nitrogens with zero attached hydrogens (tertiary/aromatic N) is 4. The molecule has 0 radical (unpaired) electrons. The maximum Gasteiger partial charge on any atom is 0.280 e. The van der Waals surface area contributed by atoms with Crippen LogP contribution in [0, 0.1) is 24.4 Å². The van der Waals surface area contributed by atoms with Gasteiger partial charge in [-0.1, -0.05) is 23.7 Å². The Balaban J connectivity index is 1.70. The van der Waals surface area contributed by atoms with Gasteiger partial charge in [0, 0.05) is 17.2 Å². The van der Waals surface area contributed by atoms with E-state index in [0.29, 0.717) is 11.3 Å². The van der Waals surface area contributed by atoms with E-state index in [1.807, 2.05) is 0 Å². The van der Waals surface area contributed by atoms with E-state index in [1.165, 1.54) is 37.5 Å². The summed E-state index contributed by atoms with van der Waals surface area (Å²) in [5.41, 5.74) is -1.42. The first-order valence-electron chi connectivity index (χ1n) is 10.7. The molecule has 2 aromatic heterocycles. The first-order chi connectivity index (χ1) is 17.0. The van der Waals surface area contributed by atoms with Crippen molar-refractivity contribution in [2.45, 2.75) is 33.0 Å². The van der Waals surface area contributed by atoms with Crippen LogP contribution in [0.2, 0.25) is 5.02 Å². The van der Waals surface area contributed by atoms with Gasteiger partial charge in [-0.25, -0.2) is 23.1 Å². The average Bonchev–Trinajstić information content (AvgIpc) is 2.81. The van der Waals surface area contributed by atoms with Crippen LogP contribution in [0.4, 0.5) is 13.2 Å². The molecule has 4 aromatic rings. The summed E-state index contributed by atoms with van der Waals surface area (Å²) in [6.45, 7) is 4.16. The van der Waals surface area contributed by atoms with E-state index in [2.05, 4.69) is 15.0 Å². The van der Waals surface area contributed by atoms with Crippen LogP contribution in [-0.2, 0) is 12.2 Å². The third-order valence-electron chi connectivity index (χ3n) is 5.21. The summed E-state index contributed by atoms with van der Waals surface area (Å²) < 4.78 is 48.2. The number of benzene rings is 2. The molecular formula is C25H20ClF3N4O3. The van der Waals surface area contributed by atoms with Gasteiger partial charge >= 0.3 is 0 Å². The number of aryl methyl sites for hydroxylation is 1. The zero-order valence-corrected chi connectivity index (χ0v) is 20.1. The molecule has 0 aliphatic heterocycles. The monoisotopic (exact) mass is 516 g/mol. The Morgan fingerprint density at radius 3 is 2.53 bits per heavy atom. The number of hydrogen-bond donors (Lipinski definition) is 1. The Hall–Kier alpha value is -3.76. The van der Waals surface area contributed by atoms with Crippen molar-refractivity contribution in [3.63, 3.8) is 0 Å². The number of aliphatic hydroxyl groups is 1. The molecule has 0 amide bonds. The third kappa shape index (κ3) is 5.09. The Kier molecular flexibility index (Phi) is 6.83. The summed E-state index contributed by atoms with van der Waals surface area (Å²) in [6.07, 6.45) is 0.967. The van der Waals surface area contributed by atoms with Crippen molar-refractivity contribution in [3.05, 3.63) is 98.7 Å². The van der Waals surface area contributed by atoms with Crippen molar-refractivity contribution < 1.29 is 23.0 Å². The van der Waals surface area contributed by atoms with Crippen LogP contribution in [0.5, 0.6) is 5.88 Å². The zero-order valence-electron chi connectivity index (χ0n) is 19.4. The molecule has 2 heterocycles. The standard InChI is InChI=1S/C25H20ClF3N4O3/c1-13-31-22(36-12-15-7-8-16(27)10-18(15)28)20(26)23(34)33(13)17-6-4-5-14(9-17)21-19(29)11-30-24(32-21)25(2,3)35/h4-11,35H,12H2,1-3H3. The fourth-order valence-corrected chi connectivity index (χ4v) is 3.61. The molecule has 0 unspecified atom stereocenters. The van der Waals surface area contributed by atoms with E-state index >= 15 is 0 Å². The molecular weight excluding hydrogens is 497 g/mol. The molecule has 1 N–H and O–H groups in total.